The molecule has 1 N–H and O–H groups in total. The minimum atomic E-state index is 0.376. The molecule has 0 fully saturated rings. The molecular weight excluding hydrogens is 254 g/mol. The zero-order chi connectivity index (χ0) is 13.7. The van der Waals surface area contributed by atoms with E-state index in [0.29, 0.717) is 6.04 Å². The Balaban J connectivity index is 2.02. The average Bonchev–Trinajstić information content (AvgIpc) is 2.90. The van der Waals surface area contributed by atoms with E-state index >= 15 is 0 Å². The summed E-state index contributed by atoms with van der Waals surface area (Å²) in [5, 5.41) is 4.49. The van der Waals surface area contributed by atoms with E-state index in [1.54, 1.807) is 11.3 Å². The van der Waals surface area contributed by atoms with E-state index in [4.69, 9.17) is 0 Å². The number of nitrogens with one attached hydrogen (secondary N) is 1. The minimum Gasteiger partial charge on any atom is -0.347 e. The monoisotopic (exact) mass is 275 g/mol. The maximum atomic E-state index is 4.52. The summed E-state index contributed by atoms with van der Waals surface area (Å²) in [4.78, 5) is 8.01. The van der Waals surface area contributed by atoms with Crippen molar-refractivity contribution in [3.8, 4) is 0 Å². The number of benzene rings is 1. The Bertz CT molecular complexity index is 495. The first-order chi connectivity index (χ1) is 9.20. The van der Waals surface area contributed by atoms with Gasteiger partial charge >= 0.3 is 0 Å². The maximum absolute atomic E-state index is 4.52. The second kappa shape index (κ2) is 6.68. The van der Waals surface area contributed by atoms with Crippen LogP contribution in [0.25, 0.3) is 0 Å². The fraction of sp³-hybridized carbons (Fsp3) is 0.400. The summed E-state index contributed by atoms with van der Waals surface area (Å²) >= 11 is 1.76. The van der Waals surface area contributed by atoms with Crippen molar-refractivity contribution in [2.24, 2.45) is 0 Å². The van der Waals surface area contributed by atoms with Crippen molar-refractivity contribution in [3.05, 3.63) is 47.0 Å². The first kappa shape index (κ1) is 14.0. The highest BCUT2D eigenvalue weighted by atomic mass is 32.1. The van der Waals surface area contributed by atoms with Crippen molar-refractivity contribution >= 4 is 16.5 Å². The summed E-state index contributed by atoms with van der Waals surface area (Å²) in [5.74, 6) is 0. The third-order valence-corrected chi connectivity index (χ3v) is 4.33. The summed E-state index contributed by atoms with van der Waals surface area (Å²) in [6.45, 7) is 6.18. The van der Waals surface area contributed by atoms with Crippen LogP contribution in [0.15, 0.2) is 36.5 Å². The number of rotatable bonds is 6. The van der Waals surface area contributed by atoms with Crippen LogP contribution >= 0.6 is 11.3 Å². The van der Waals surface area contributed by atoms with Gasteiger partial charge in [-0.05, 0) is 19.0 Å². The molecule has 4 heteroatoms. The number of thiazole rings is 1. The van der Waals surface area contributed by atoms with Crippen LogP contribution in [0.4, 0.5) is 5.13 Å². The van der Waals surface area contributed by atoms with Crippen LogP contribution in [0.1, 0.15) is 30.3 Å². The lowest BCUT2D eigenvalue weighted by Crippen LogP contribution is -2.16. The van der Waals surface area contributed by atoms with Crippen LogP contribution in [0.5, 0.6) is 0 Å². The Morgan fingerprint density at radius 3 is 2.74 bits per heavy atom. The third kappa shape index (κ3) is 3.78. The molecule has 0 spiro atoms. The fourth-order valence-corrected chi connectivity index (χ4v) is 2.89. The summed E-state index contributed by atoms with van der Waals surface area (Å²) in [6.07, 6.45) is 1.98. The van der Waals surface area contributed by atoms with Crippen molar-refractivity contribution in [2.75, 3.05) is 18.5 Å². The van der Waals surface area contributed by atoms with E-state index in [9.17, 15) is 0 Å². The van der Waals surface area contributed by atoms with Crippen molar-refractivity contribution in [1.29, 1.82) is 0 Å². The van der Waals surface area contributed by atoms with E-state index in [1.165, 1.54) is 10.4 Å². The summed E-state index contributed by atoms with van der Waals surface area (Å²) < 4.78 is 0. The van der Waals surface area contributed by atoms with Gasteiger partial charge in [-0.3, -0.25) is 0 Å². The van der Waals surface area contributed by atoms with E-state index in [1.807, 2.05) is 12.3 Å². The quantitative estimate of drug-likeness (QED) is 0.875. The smallest absolute Gasteiger partial charge is 0.185 e. The molecule has 0 amide bonds. The molecule has 0 aliphatic carbocycles. The van der Waals surface area contributed by atoms with Crippen LogP contribution in [0, 0.1) is 0 Å². The molecule has 0 saturated heterocycles. The zero-order valence-corrected chi connectivity index (χ0v) is 12.6. The van der Waals surface area contributed by atoms with Crippen LogP contribution in [0.2, 0.25) is 0 Å². The maximum Gasteiger partial charge on any atom is 0.185 e. The van der Waals surface area contributed by atoms with Crippen LogP contribution in [-0.4, -0.2) is 18.6 Å². The predicted molar refractivity (Wildman–Crippen MR) is 82.8 cm³/mol. The van der Waals surface area contributed by atoms with Gasteiger partial charge in [-0.25, -0.2) is 4.98 Å². The molecule has 0 bridgehead atoms. The first-order valence-corrected chi connectivity index (χ1v) is 7.46. The molecule has 3 nitrogen and oxygen atoms in total. The highest BCUT2D eigenvalue weighted by Gasteiger charge is 2.11. The van der Waals surface area contributed by atoms with Gasteiger partial charge in [0.25, 0.3) is 0 Å². The average molecular weight is 275 g/mol. The Hall–Kier alpha value is -1.39. The van der Waals surface area contributed by atoms with E-state index in [0.717, 1.165) is 18.2 Å². The molecule has 19 heavy (non-hydrogen) atoms. The number of aromatic nitrogens is 1. The highest BCUT2D eigenvalue weighted by molar-refractivity contribution is 7.15. The molecular formula is C15H21N3S. The van der Waals surface area contributed by atoms with Crippen molar-refractivity contribution in [2.45, 2.75) is 26.4 Å². The summed E-state index contributed by atoms with van der Waals surface area (Å²) in [5.41, 5.74) is 1.31. The highest BCUT2D eigenvalue weighted by Crippen LogP contribution is 2.27. The molecule has 1 unspecified atom stereocenters. The molecule has 1 heterocycles. The van der Waals surface area contributed by atoms with E-state index < -0.39 is 0 Å². The summed E-state index contributed by atoms with van der Waals surface area (Å²) in [6, 6.07) is 10.9. The Kier molecular flexibility index (Phi) is 4.93. The first-order valence-electron chi connectivity index (χ1n) is 6.65. The molecule has 2 rings (SSSR count). The van der Waals surface area contributed by atoms with Gasteiger partial charge in [0.1, 0.15) is 0 Å². The fourth-order valence-electron chi connectivity index (χ4n) is 1.99. The van der Waals surface area contributed by atoms with Gasteiger partial charge in [-0.1, -0.05) is 37.3 Å². The number of anilines is 1. The molecule has 0 aliphatic rings. The van der Waals surface area contributed by atoms with Gasteiger partial charge in [0.15, 0.2) is 5.13 Å². The molecule has 0 radical (unpaired) electrons. The lowest BCUT2D eigenvalue weighted by molar-refractivity contribution is 0.606. The Labute approximate surface area is 119 Å². The molecule has 0 saturated carbocycles. The van der Waals surface area contributed by atoms with Crippen molar-refractivity contribution in [3.63, 3.8) is 0 Å². The molecule has 2 aromatic rings. The number of hydrogen-bond donors (Lipinski definition) is 1. The third-order valence-electron chi connectivity index (χ3n) is 3.04. The Morgan fingerprint density at radius 2 is 2.05 bits per heavy atom. The molecule has 1 aromatic heterocycles. The largest absolute Gasteiger partial charge is 0.347 e. The van der Waals surface area contributed by atoms with E-state index in [-0.39, 0.29) is 0 Å². The Morgan fingerprint density at radius 1 is 1.32 bits per heavy atom. The normalized spacial score (nSPS) is 12.4. The van der Waals surface area contributed by atoms with Gasteiger partial charge in [0.2, 0.25) is 0 Å². The number of hydrogen-bond acceptors (Lipinski definition) is 4. The standard InChI is InChI=1S/C15H21N3S/c1-4-16-12(2)14-10-17-15(19-14)18(3)11-13-8-6-5-7-9-13/h5-10,12,16H,4,11H2,1-3H3. The number of nitrogens with zero attached hydrogens (tertiary/aromatic N) is 2. The topological polar surface area (TPSA) is 28.2 Å². The minimum absolute atomic E-state index is 0.376. The molecule has 0 aliphatic heterocycles. The second-order valence-corrected chi connectivity index (χ2v) is 5.71. The van der Waals surface area contributed by atoms with Gasteiger partial charge in [0.05, 0.1) is 0 Å². The molecule has 1 aromatic carbocycles. The summed E-state index contributed by atoms with van der Waals surface area (Å²) in [7, 11) is 2.09. The van der Waals surface area contributed by atoms with Gasteiger partial charge < -0.3 is 10.2 Å². The lowest BCUT2D eigenvalue weighted by atomic mass is 10.2. The van der Waals surface area contributed by atoms with Crippen LogP contribution in [-0.2, 0) is 6.54 Å². The van der Waals surface area contributed by atoms with Gasteiger partial charge in [-0.15, -0.1) is 11.3 Å². The van der Waals surface area contributed by atoms with Crippen molar-refractivity contribution < 1.29 is 0 Å². The van der Waals surface area contributed by atoms with Gasteiger partial charge in [-0.2, -0.15) is 0 Å². The zero-order valence-electron chi connectivity index (χ0n) is 11.8. The predicted octanol–water partition coefficient (Wildman–Crippen LogP) is 3.45. The SMILES string of the molecule is CCNC(C)c1cnc(N(C)Cc2ccccc2)s1. The van der Waals surface area contributed by atoms with E-state index in [2.05, 4.69) is 60.4 Å². The molecule has 102 valence electrons. The lowest BCUT2D eigenvalue weighted by Gasteiger charge is -2.15. The van der Waals surface area contributed by atoms with Crippen LogP contribution < -0.4 is 10.2 Å². The van der Waals surface area contributed by atoms with Crippen LogP contribution in [0.3, 0.4) is 0 Å². The van der Waals surface area contributed by atoms with Gasteiger partial charge in [0, 0.05) is 30.7 Å². The van der Waals surface area contributed by atoms with Crippen molar-refractivity contribution in [1.82, 2.24) is 10.3 Å². The second-order valence-electron chi connectivity index (χ2n) is 4.67. The molecule has 1 atom stereocenters.